The van der Waals surface area contributed by atoms with Crippen LogP contribution >= 0.6 is 0 Å². The minimum Gasteiger partial charge on any atom is -0.490 e. The summed E-state index contributed by atoms with van der Waals surface area (Å²) in [6.07, 6.45) is 4.61. The van der Waals surface area contributed by atoms with Crippen LogP contribution in [-0.2, 0) is 11.3 Å². The molecule has 5 heteroatoms. The number of rotatable bonds is 14. The van der Waals surface area contributed by atoms with Gasteiger partial charge in [-0.05, 0) is 44.0 Å². The van der Waals surface area contributed by atoms with Crippen LogP contribution in [-0.4, -0.2) is 33.0 Å². The Labute approximate surface area is 141 Å². The summed E-state index contributed by atoms with van der Waals surface area (Å²) >= 11 is 0. The van der Waals surface area contributed by atoms with Crippen LogP contribution in [0.4, 0.5) is 0 Å². The largest absolute Gasteiger partial charge is 0.490 e. The minimum absolute atomic E-state index is 0.318. The normalized spacial score (nSPS) is 12.3. The molecule has 1 unspecified atom stereocenters. The lowest BCUT2D eigenvalue weighted by molar-refractivity contribution is 0.119. The van der Waals surface area contributed by atoms with Crippen molar-refractivity contribution in [3.8, 4) is 5.75 Å². The van der Waals surface area contributed by atoms with E-state index in [9.17, 15) is 0 Å². The summed E-state index contributed by atoms with van der Waals surface area (Å²) in [6, 6.07) is 8.31. The molecule has 1 aromatic carbocycles. The SMILES string of the molecule is CCCC(CC)Oc1cccc(CNNCCCOCNC)c1. The Balaban J connectivity index is 2.23. The summed E-state index contributed by atoms with van der Waals surface area (Å²) in [5.41, 5.74) is 7.66. The molecule has 0 radical (unpaired) electrons. The molecule has 0 spiro atoms. The topological polar surface area (TPSA) is 54.5 Å². The predicted octanol–water partition coefficient (Wildman–Crippen LogP) is 2.82. The Bertz CT molecular complexity index is 402. The molecule has 0 heterocycles. The van der Waals surface area contributed by atoms with Crippen molar-refractivity contribution in [1.29, 1.82) is 0 Å². The molecule has 0 saturated carbocycles. The van der Waals surface area contributed by atoms with Crippen molar-refractivity contribution in [3.63, 3.8) is 0 Å². The summed E-state index contributed by atoms with van der Waals surface area (Å²) in [5, 5.41) is 2.95. The van der Waals surface area contributed by atoms with Gasteiger partial charge in [-0.3, -0.25) is 16.2 Å². The smallest absolute Gasteiger partial charge is 0.120 e. The fourth-order valence-corrected chi connectivity index (χ4v) is 2.28. The molecule has 0 bridgehead atoms. The Morgan fingerprint density at radius 1 is 1.17 bits per heavy atom. The Morgan fingerprint density at radius 3 is 2.78 bits per heavy atom. The summed E-state index contributed by atoms with van der Waals surface area (Å²) in [5.74, 6) is 0.963. The van der Waals surface area contributed by atoms with E-state index in [4.69, 9.17) is 9.47 Å². The van der Waals surface area contributed by atoms with Crippen LogP contribution in [0.3, 0.4) is 0 Å². The van der Waals surface area contributed by atoms with Gasteiger partial charge in [0.25, 0.3) is 0 Å². The van der Waals surface area contributed by atoms with E-state index >= 15 is 0 Å². The van der Waals surface area contributed by atoms with Crippen LogP contribution < -0.4 is 20.9 Å². The second-order valence-corrected chi connectivity index (χ2v) is 5.62. The Hall–Kier alpha value is -1.14. The Morgan fingerprint density at radius 2 is 2.04 bits per heavy atom. The number of hydrogen-bond acceptors (Lipinski definition) is 5. The summed E-state index contributed by atoms with van der Waals surface area (Å²) in [7, 11) is 1.88. The molecule has 1 aromatic rings. The van der Waals surface area contributed by atoms with E-state index in [0.717, 1.165) is 51.1 Å². The maximum atomic E-state index is 6.06. The van der Waals surface area contributed by atoms with Crippen molar-refractivity contribution in [2.75, 3.05) is 26.9 Å². The highest BCUT2D eigenvalue weighted by atomic mass is 16.5. The van der Waals surface area contributed by atoms with E-state index in [1.54, 1.807) is 0 Å². The van der Waals surface area contributed by atoms with E-state index in [-0.39, 0.29) is 0 Å². The highest BCUT2D eigenvalue weighted by Crippen LogP contribution is 2.17. The average molecular weight is 323 g/mol. The lowest BCUT2D eigenvalue weighted by atomic mass is 10.1. The van der Waals surface area contributed by atoms with E-state index in [0.29, 0.717) is 12.8 Å². The van der Waals surface area contributed by atoms with Crippen molar-refractivity contribution >= 4 is 0 Å². The third-order valence-electron chi connectivity index (χ3n) is 3.52. The highest BCUT2D eigenvalue weighted by molar-refractivity contribution is 5.28. The van der Waals surface area contributed by atoms with Crippen molar-refractivity contribution in [1.82, 2.24) is 16.2 Å². The molecule has 0 fully saturated rings. The van der Waals surface area contributed by atoms with Gasteiger partial charge in [0.2, 0.25) is 0 Å². The monoisotopic (exact) mass is 323 g/mol. The van der Waals surface area contributed by atoms with Crippen LogP contribution in [0.2, 0.25) is 0 Å². The maximum Gasteiger partial charge on any atom is 0.120 e. The fraction of sp³-hybridized carbons (Fsp3) is 0.667. The zero-order valence-electron chi connectivity index (χ0n) is 14.9. The van der Waals surface area contributed by atoms with Gasteiger partial charge in [0, 0.05) is 19.7 Å². The lowest BCUT2D eigenvalue weighted by Crippen LogP contribution is -2.32. The minimum atomic E-state index is 0.318. The molecule has 5 nitrogen and oxygen atoms in total. The first-order chi connectivity index (χ1) is 11.3. The zero-order chi connectivity index (χ0) is 16.8. The number of hydrogen-bond donors (Lipinski definition) is 3. The van der Waals surface area contributed by atoms with Crippen molar-refractivity contribution in [3.05, 3.63) is 29.8 Å². The molecule has 132 valence electrons. The summed E-state index contributed by atoms with van der Waals surface area (Å²) < 4.78 is 11.4. The molecular formula is C18H33N3O2. The molecule has 0 amide bonds. The van der Waals surface area contributed by atoms with Gasteiger partial charge in [0.05, 0.1) is 12.8 Å². The van der Waals surface area contributed by atoms with Crippen molar-refractivity contribution in [2.24, 2.45) is 0 Å². The molecular weight excluding hydrogens is 290 g/mol. The number of hydrazine groups is 1. The van der Waals surface area contributed by atoms with Crippen LogP contribution in [0.1, 0.15) is 45.1 Å². The van der Waals surface area contributed by atoms with E-state index in [1.807, 2.05) is 13.1 Å². The number of nitrogens with one attached hydrogen (secondary N) is 3. The van der Waals surface area contributed by atoms with Crippen molar-refractivity contribution in [2.45, 2.75) is 52.2 Å². The van der Waals surface area contributed by atoms with Gasteiger partial charge in [-0.25, -0.2) is 0 Å². The van der Waals surface area contributed by atoms with Gasteiger partial charge in [-0.15, -0.1) is 0 Å². The third kappa shape index (κ3) is 9.56. The van der Waals surface area contributed by atoms with Gasteiger partial charge in [0.1, 0.15) is 5.75 Å². The molecule has 3 N–H and O–H groups in total. The molecule has 0 aliphatic carbocycles. The fourth-order valence-electron chi connectivity index (χ4n) is 2.28. The van der Waals surface area contributed by atoms with Crippen LogP contribution in [0.25, 0.3) is 0 Å². The molecule has 0 aliphatic rings. The highest BCUT2D eigenvalue weighted by Gasteiger charge is 2.07. The zero-order valence-corrected chi connectivity index (χ0v) is 14.9. The first kappa shape index (κ1) is 19.9. The second-order valence-electron chi connectivity index (χ2n) is 5.62. The maximum absolute atomic E-state index is 6.06. The molecule has 23 heavy (non-hydrogen) atoms. The predicted molar refractivity (Wildman–Crippen MR) is 95.4 cm³/mol. The second kappa shape index (κ2) is 13.3. The molecule has 0 aliphatic heterocycles. The Kier molecular flexibility index (Phi) is 11.5. The molecule has 0 saturated heterocycles. The van der Waals surface area contributed by atoms with E-state index in [2.05, 4.69) is 48.2 Å². The van der Waals surface area contributed by atoms with Gasteiger partial charge >= 0.3 is 0 Å². The average Bonchev–Trinajstić information content (AvgIpc) is 2.57. The van der Waals surface area contributed by atoms with Gasteiger partial charge in [-0.1, -0.05) is 32.4 Å². The molecule has 1 atom stereocenters. The standard InChI is InChI=1S/C18H33N3O2/c1-4-8-17(5-2)23-18-10-6-9-16(13-18)14-21-20-11-7-12-22-15-19-3/h6,9-10,13,17,19-21H,4-5,7-8,11-12,14-15H2,1-3H3. The first-order valence-electron chi connectivity index (χ1n) is 8.73. The van der Waals surface area contributed by atoms with Crippen molar-refractivity contribution < 1.29 is 9.47 Å². The third-order valence-corrected chi connectivity index (χ3v) is 3.52. The van der Waals surface area contributed by atoms with E-state index in [1.165, 1.54) is 5.56 Å². The van der Waals surface area contributed by atoms with Crippen LogP contribution in [0.15, 0.2) is 24.3 Å². The van der Waals surface area contributed by atoms with E-state index < -0.39 is 0 Å². The molecule has 1 rings (SSSR count). The van der Waals surface area contributed by atoms with Gasteiger partial charge in [-0.2, -0.15) is 0 Å². The lowest BCUT2D eigenvalue weighted by Gasteiger charge is -2.17. The summed E-state index contributed by atoms with van der Waals surface area (Å²) in [4.78, 5) is 0. The van der Waals surface area contributed by atoms with Crippen LogP contribution in [0, 0.1) is 0 Å². The number of ether oxygens (including phenoxy) is 2. The first-order valence-corrected chi connectivity index (χ1v) is 8.73. The van der Waals surface area contributed by atoms with Gasteiger partial charge < -0.3 is 9.47 Å². The summed E-state index contributed by atoms with van der Waals surface area (Å²) in [6.45, 7) is 7.40. The number of benzene rings is 1. The van der Waals surface area contributed by atoms with Crippen LogP contribution in [0.5, 0.6) is 5.75 Å². The molecule has 0 aromatic heterocycles. The quantitative estimate of drug-likeness (QED) is 0.279. The van der Waals surface area contributed by atoms with Gasteiger partial charge in [0.15, 0.2) is 0 Å².